The first-order chi connectivity index (χ1) is 9.67. The molecule has 2 aliphatic rings. The van der Waals surface area contributed by atoms with Crippen LogP contribution in [0.1, 0.15) is 19.8 Å². The zero-order valence-corrected chi connectivity index (χ0v) is 12.0. The van der Waals surface area contributed by atoms with E-state index in [1.54, 1.807) is 0 Å². The number of nitrogens with zero attached hydrogens (tertiary/aromatic N) is 3. The Labute approximate surface area is 119 Å². The van der Waals surface area contributed by atoms with Crippen LogP contribution in [0.4, 0.5) is 0 Å². The lowest BCUT2D eigenvalue weighted by atomic mass is 10.1. The summed E-state index contributed by atoms with van der Waals surface area (Å²) in [5.74, 6) is 0.489. The Balaban J connectivity index is 1.86. The predicted octanol–water partition coefficient (Wildman–Crippen LogP) is -0.308. The highest BCUT2D eigenvalue weighted by molar-refractivity contribution is 5.85. The van der Waals surface area contributed by atoms with Crippen molar-refractivity contribution in [2.75, 3.05) is 39.4 Å². The van der Waals surface area contributed by atoms with Gasteiger partial charge in [-0.2, -0.15) is 0 Å². The number of carbonyl (C=O) groups is 1. The Bertz CT molecular complexity index is 361. The van der Waals surface area contributed by atoms with E-state index >= 15 is 0 Å². The van der Waals surface area contributed by atoms with E-state index in [1.807, 2.05) is 11.8 Å². The number of amides is 1. The topological polar surface area (TPSA) is 91.4 Å². The minimum Gasteiger partial charge on any atom is -0.409 e. The molecule has 7 nitrogen and oxygen atoms in total. The molecule has 2 unspecified atom stereocenters. The summed E-state index contributed by atoms with van der Waals surface area (Å²) in [5.41, 5.74) is 5.71. The molecule has 0 bridgehead atoms. The van der Waals surface area contributed by atoms with Crippen LogP contribution in [0, 0.1) is 5.92 Å². The van der Waals surface area contributed by atoms with Gasteiger partial charge < -0.3 is 20.6 Å². The van der Waals surface area contributed by atoms with Gasteiger partial charge in [0.2, 0.25) is 5.91 Å². The van der Waals surface area contributed by atoms with Gasteiger partial charge in [-0.05, 0) is 12.8 Å². The molecule has 2 saturated heterocycles. The summed E-state index contributed by atoms with van der Waals surface area (Å²) in [6.45, 7) is 6.17. The van der Waals surface area contributed by atoms with Crippen LogP contribution < -0.4 is 5.73 Å². The fourth-order valence-corrected chi connectivity index (χ4v) is 2.96. The zero-order chi connectivity index (χ0) is 14.5. The minimum absolute atomic E-state index is 0.0348. The van der Waals surface area contributed by atoms with Gasteiger partial charge in [-0.15, -0.1) is 0 Å². The van der Waals surface area contributed by atoms with Crippen molar-refractivity contribution in [3.05, 3.63) is 0 Å². The van der Waals surface area contributed by atoms with Gasteiger partial charge in [0.05, 0.1) is 18.6 Å². The summed E-state index contributed by atoms with van der Waals surface area (Å²) in [6, 6.07) is -0.0490. The molecule has 1 amide bonds. The second-order valence-electron chi connectivity index (χ2n) is 5.37. The van der Waals surface area contributed by atoms with Crippen molar-refractivity contribution >= 4 is 11.7 Å². The fraction of sp³-hybridized carbons (Fsp3) is 0.846. The van der Waals surface area contributed by atoms with Crippen molar-refractivity contribution in [2.45, 2.75) is 25.8 Å². The molecule has 2 atom stereocenters. The van der Waals surface area contributed by atoms with Crippen molar-refractivity contribution in [3.63, 3.8) is 0 Å². The number of hydrogen-bond acceptors (Lipinski definition) is 5. The molecule has 0 aromatic carbocycles. The van der Waals surface area contributed by atoms with Crippen LogP contribution in [0.3, 0.4) is 0 Å². The first-order valence-electron chi connectivity index (χ1n) is 7.25. The average Bonchev–Trinajstić information content (AvgIpc) is 3.02. The van der Waals surface area contributed by atoms with E-state index in [0.29, 0.717) is 26.3 Å². The first kappa shape index (κ1) is 15.1. The van der Waals surface area contributed by atoms with Gasteiger partial charge in [0.15, 0.2) is 5.84 Å². The highest BCUT2D eigenvalue weighted by Gasteiger charge is 2.32. The van der Waals surface area contributed by atoms with Crippen molar-refractivity contribution in [3.8, 4) is 0 Å². The van der Waals surface area contributed by atoms with Gasteiger partial charge in [0.1, 0.15) is 0 Å². The number of carbonyl (C=O) groups excluding carboxylic acids is 1. The third-order valence-electron chi connectivity index (χ3n) is 4.19. The number of nitrogens with two attached hydrogens (primary N) is 1. The molecule has 2 fully saturated rings. The van der Waals surface area contributed by atoms with Crippen LogP contribution in [0.15, 0.2) is 5.16 Å². The molecule has 2 aliphatic heterocycles. The van der Waals surface area contributed by atoms with Crippen LogP contribution in [-0.2, 0) is 9.53 Å². The SMILES string of the molecule is CCC(C(N)=NO)N1CCN(C(=O)C2CCOC2)CC1. The molecule has 3 N–H and O–H groups in total. The van der Waals surface area contributed by atoms with Gasteiger partial charge in [-0.1, -0.05) is 12.1 Å². The van der Waals surface area contributed by atoms with E-state index < -0.39 is 0 Å². The second-order valence-corrected chi connectivity index (χ2v) is 5.37. The maximum Gasteiger partial charge on any atom is 0.228 e. The van der Waals surface area contributed by atoms with Crippen molar-refractivity contribution in [2.24, 2.45) is 16.8 Å². The summed E-state index contributed by atoms with van der Waals surface area (Å²) < 4.78 is 5.27. The maximum atomic E-state index is 12.3. The molecule has 0 aromatic rings. The molecule has 2 rings (SSSR count). The summed E-state index contributed by atoms with van der Waals surface area (Å²) in [4.78, 5) is 16.4. The molecule has 0 spiro atoms. The molecule has 7 heteroatoms. The monoisotopic (exact) mass is 284 g/mol. The second kappa shape index (κ2) is 6.90. The summed E-state index contributed by atoms with van der Waals surface area (Å²) in [5, 5.41) is 11.9. The van der Waals surface area contributed by atoms with Crippen molar-refractivity contribution < 1.29 is 14.7 Å². The molecule has 2 heterocycles. The van der Waals surface area contributed by atoms with Gasteiger partial charge in [0, 0.05) is 32.8 Å². The summed E-state index contributed by atoms with van der Waals surface area (Å²) in [7, 11) is 0. The Kier molecular flexibility index (Phi) is 5.19. The number of amidine groups is 1. The van der Waals surface area contributed by atoms with Gasteiger partial charge in [-0.25, -0.2) is 0 Å². The van der Waals surface area contributed by atoms with Crippen molar-refractivity contribution in [1.29, 1.82) is 0 Å². The molecular formula is C13H24N4O3. The van der Waals surface area contributed by atoms with Gasteiger partial charge >= 0.3 is 0 Å². The Morgan fingerprint density at radius 1 is 1.45 bits per heavy atom. The van der Waals surface area contributed by atoms with Crippen molar-refractivity contribution in [1.82, 2.24) is 9.80 Å². The lowest BCUT2D eigenvalue weighted by Gasteiger charge is -2.39. The molecule has 0 aliphatic carbocycles. The van der Waals surface area contributed by atoms with E-state index in [2.05, 4.69) is 10.1 Å². The zero-order valence-electron chi connectivity index (χ0n) is 12.0. The third kappa shape index (κ3) is 3.21. The number of ether oxygens (including phenoxy) is 1. The third-order valence-corrected chi connectivity index (χ3v) is 4.19. The summed E-state index contributed by atoms with van der Waals surface area (Å²) in [6.07, 6.45) is 1.63. The highest BCUT2D eigenvalue weighted by Crippen LogP contribution is 2.18. The van der Waals surface area contributed by atoms with Crippen LogP contribution >= 0.6 is 0 Å². The molecule has 0 radical (unpaired) electrons. The van der Waals surface area contributed by atoms with Crippen LogP contribution in [-0.4, -0.2) is 72.2 Å². The molecule has 20 heavy (non-hydrogen) atoms. The van der Waals surface area contributed by atoms with E-state index in [-0.39, 0.29) is 23.7 Å². The normalized spacial score (nSPS) is 26.8. The number of piperazine rings is 1. The number of rotatable bonds is 4. The quantitative estimate of drug-likeness (QED) is 0.320. The molecular weight excluding hydrogens is 260 g/mol. The van der Waals surface area contributed by atoms with Crippen LogP contribution in [0.2, 0.25) is 0 Å². The Hall–Kier alpha value is -1.34. The van der Waals surface area contributed by atoms with Crippen LogP contribution in [0.5, 0.6) is 0 Å². The largest absolute Gasteiger partial charge is 0.409 e. The van der Waals surface area contributed by atoms with Gasteiger partial charge in [-0.3, -0.25) is 9.69 Å². The molecule has 0 aromatic heterocycles. The highest BCUT2D eigenvalue weighted by atomic mass is 16.5. The fourth-order valence-electron chi connectivity index (χ4n) is 2.96. The molecule has 114 valence electrons. The number of oxime groups is 1. The standard InChI is InChI=1S/C13H24N4O3/c1-2-11(12(14)15-19)16-4-6-17(7-5-16)13(18)10-3-8-20-9-10/h10-11,19H,2-9H2,1H3,(H2,14,15). The van der Waals surface area contributed by atoms with E-state index in [0.717, 1.165) is 25.9 Å². The lowest BCUT2D eigenvalue weighted by Crippen LogP contribution is -2.55. The van der Waals surface area contributed by atoms with Crippen LogP contribution in [0.25, 0.3) is 0 Å². The smallest absolute Gasteiger partial charge is 0.228 e. The first-order valence-corrected chi connectivity index (χ1v) is 7.25. The maximum absolute atomic E-state index is 12.3. The number of hydrogen-bond donors (Lipinski definition) is 2. The summed E-state index contributed by atoms with van der Waals surface area (Å²) >= 11 is 0. The predicted molar refractivity (Wildman–Crippen MR) is 74.6 cm³/mol. The average molecular weight is 284 g/mol. The van der Waals surface area contributed by atoms with E-state index in [4.69, 9.17) is 15.7 Å². The Morgan fingerprint density at radius 2 is 2.15 bits per heavy atom. The van der Waals surface area contributed by atoms with Gasteiger partial charge in [0.25, 0.3) is 0 Å². The Morgan fingerprint density at radius 3 is 2.65 bits per heavy atom. The lowest BCUT2D eigenvalue weighted by molar-refractivity contribution is -0.137. The molecule has 0 saturated carbocycles. The van der Waals surface area contributed by atoms with E-state index in [9.17, 15) is 4.79 Å². The minimum atomic E-state index is -0.0490. The van der Waals surface area contributed by atoms with E-state index in [1.165, 1.54) is 0 Å².